The number of sulfone groups is 1. The van der Waals surface area contributed by atoms with Crippen molar-refractivity contribution in [2.75, 3.05) is 37.6 Å². The first-order valence-corrected chi connectivity index (χ1v) is 8.00. The van der Waals surface area contributed by atoms with Crippen LogP contribution in [0.3, 0.4) is 0 Å². The van der Waals surface area contributed by atoms with E-state index in [-0.39, 0.29) is 5.75 Å². The molecule has 1 heterocycles. The first kappa shape index (κ1) is 15.0. The molecule has 0 atom stereocenters. The molecule has 0 saturated carbocycles. The van der Waals surface area contributed by atoms with Crippen LogP contribution in [0.4, 0.5) is 5.95 Å². The number of nitrogens with zero attached hydrogens (tertiary/aromatic N) is 2. The molecule has 1 aromatic heterocycles. The molecule has 0 fully saturated rings. The number of aryl methyl sites for hydroxylation is 1. The van der Waals surface area contributed by atoms with E-state index in [1.807, 2.05) is 10.8 Å². The summed E-state index contributed by atoms with van der Waals surface area (Å²) in [5.41, 5.74) is 0. The van der Waals surface area contributed by atoms with Gasteiger partial charge in [0.25, 0.3) is 0 Å². The highest BCUT2D eigenvalue weighted by molar-refractivity contribution is 7.90. The standard InChI is InChI=1S/C11H21N3O3S/c1-17-9-4-7-14-8-6-13-11(14)12-5-3-10-18(2,15)16/h6,8H,3-5,7,9-10H2,1-2H3,(H,12,13). The fourth-order valence-electron chi connectivity index (χ4n) is 1.57. The number of hydrogen-bond donors (Lipinski definition) is 1. The van der Waals surface area contributed by atoms with Gasteiger partial charge in [0.15, 0.2) is 0 Å². The second-order valence-corrected chi connectivity index (χ2v) is 6.46. The van der Waals surface area contributed by atoms with Crippen LogP contribution in [0.15, 0.2) is 12.4 Å². The lowest BCUT2D eigenvalue weighted by Crippen LogP contribution is -2.13. The van der Waals surface area contributed by atoms with Gasteiger partial charge >= 0.3 is 0 Å². The Balaban J connectivity index is 2.31. The van der Waals surface area contributed by atoms with Crippen molar-refractivity contribution in [2.45, 2.75) is 19.4 Å². The molecule has 0 bridgehead atoms. The highest BCUT2D eigenvalue weighted by atomic mass is 32.2. The third kappa shape index (κ3) is 6.02. The summed E-state index contributed by atoms with van der Waals surface area (Å²) in [5.74, 6) is 0.976. The number of anilines is 1. The molecule has 1 rings (SSSR count). The van der Waals surface area contributed by atoms with Crippen molar-refractivity contribution < 1.29 is 13.2 Å². The zero-order chi connectivity index (χ0) is 13.4. The maximum absolute atomic E-state index is 11.0. The Hall–Kier alpha value is -1.08. The molecule has 0 amide bonds. The van der Waals surface area contributed by atoms with E-state index in [4.69, 9.17) is 4.74 Å². The molecule has 1 aromatic rings. The minimum Gasteiger partial charge on any atom is -0.385 e. The van der Waals surface area contributed by atoms with Gasteiger partial charge in [0.05, 0.1) is 5.75 Å². The molecule has 18 heavy (non-hydrogen) atoms. The Morgan fingerprint density at radius 3 is 2.89 bits per heavy atom. The largest absolute Gasteiger partial charge is 0.385 e. The first-order valence-electron chi connectivity index (χ1n) is 5.94. The number of imidazole rings is 1. The Bertz CT molecular complexity index is 442. The minimum absolute atomic E-state index is 0.199. The zero-order valence-corrected chi connectivity index (χ0v) is 11.7. The molecular formula is C11H21N3O3S. The molecule has 0 aromatic carbocycles. The van der Waals surface area contributed by atoms with Crippen molar-refractivity contribution in [3.05, 3.63) is 12.4 Å². The van der Waals surface area contributed by atoms with Crippen LogP contribution in [0.2, 0.25) is 0 Å². The predicted octanol–water partition coefficient (Wildman–Crippen LogP) is 0.766. The maximum atomic E-state index is 11.0. The number of rotatable bonds is 9. The van der Waals surface area contributed by atoms with Crippen molar-refractivity contribution >= 4 is 15.8 Å². The van der Waals surface area contributed by atoms with Crippen molar-refractivity contribution in [3.8, 4) is 0 Å². The Labute approximate surface area is 108 Å². The molecular weight excluding hydrogens is 254 g/mol. The molecule has 0 aliphatic heterocycles. The average molecular weight is 275 g/mol. The quantitative estimate of drug-likeness (QED) is 0.674. The van der Waals surface area contributed by atoms with Crippen molar-refractivity contribution in [1.29, 1.82) is 0 Å². The minimum atomic E-state index is -2.88. The maximum Gasteiger partial charge on any atom is 0.202 e. The Morgan fingerprint density at radius 1 is 1.44 bits per heavy atom. The van der Waals surface area contributed by atoms with E-state index in [0.717, 1.165) is 18.9 Å². The Kier molecular flexibility index (Phi) is 6.14. The molecule has 7 heteroatoms. The van der Waals surface area contributed by atoms with Crippen molar-refractivity contribution in [1.82, 2.24) is 9.55 Å². The number of nitrogens with one attached hydrogen (secondary N) is 1. The third-order valence-corrected chi connectivity index (χ3v) is 3.47. The lowest BCUT2D eigenvalue weighted by molar-refractivity contribution is 0.190. The molecule has 0 aliphatic carbocycles. The average Bonchev–Trinajstić information content (AvgIpc) is 2.71. The molecule has 6 nitrogen and oxygen atoms in total. The molecule has 1 N–H and O–H groups in total. The van der Waals surface area contributed by atoms with Gasteiger partial charge in [0.2, 0.25) is 5.95 Å². The van der Waals surface area contributed by atoms with Crippen LogP contribution >= 0.6 is 0 Å². The smallest absolute Gasteiger partial charge is 0.202 e. The predicted molar refractivity (Wildman–Crippen MR) is 71.5 cm³/mol. The fourth-order valence-corrected chi connectivity index (χ4v) is 2.24. The summed E-state index contributed by atoms with van der Waals surface area (Å²) >= 11 is 0. The summed E-state index contributed by atoms with van der Waals surface area (Å²) in [4.78, 5) is 4.19. The summed E-state index contributed by atoms with van der Waals surface area (Å²) in [6, 6.07) is 0. The fraction of sp³-hybridized carbons (Fsp3) is 0.727. The molecule has 0 spiro atoms. The third-order valence-electron chi connectivity index (χ3n) is 2.44. The van der Waals surface area contributed by atoms with Crippen molar-refractivity contribution in [3.63, 3.8) is 0 Å². The lowest BCUT2D eigenvalue weighted by atomic mass is 10.4. The van der Waals surface area contributed by atoms with Crippen molar-refractivity contribution in [2.24, 2.45) is 0 Å². The first-order chi connectivity index (χ1) is 8.53. The molecule has 104 valence electrons. The van der Waals surface area contributed by atoms with Gasteiger partial charge in [-0.2, -0.15) is 0 Å². The van der Waals surface area contributed by atoms with E-state index >= 15 is 0 Å². The molecule has 0 radical (unpaired) electrons. The van der Waals surface area contributed by atoms with Gasteiger partial charge in [-0.3, -0.25) is 0 Å². The summed E-state index contributed by atoms with van der Waals surface area (Å²) in [5, 5.41) is 3.14. The number of ether oxygens (including phenoxy) is 1. The summed E-state index contributed by atoms with van der Waals surface area (Å²) in [7, 11) is -1.20. The van der Waals surface area contributed by atoms with Crippen LogP contribution < -0.4 is 5.32 Å². The summed E-state index contributed by atoms with van der Waals surface area (Å²) in [6.07, 6.45) is 6.38. The van der Waals surface area contributed by atoms with Gasteiger partial charge in [-0.25, -0.2) is 13.4 Å². The normalized spacial score (nSPS) is 11.7. The topological polar surface area (TPSA) is 73.2 Å². The monoisotopic (exact) mass is 275 g/mol. The van der Waals surface area contributed by atoms with Crippen LogP contribution in [0.1, 0.15) is 12.8 Å². The van der Waals surface area contributed by atoms with Gasteiger partial charge in [-0.05, 0) is 12.8 Å². The highest BCUT2D eigenvalue weighted by Gasteiger charge is 2.04. The van der Waals surface area contributed by atoms with Gasteiger partial charge in [-0.15, -0.1) is 0 Å². The van der Waals surface area contributed by atoms with E-state index in [1.54, 1.807) is 13.3 Å². The van der Waals surface area contributed by atoms with Crippen LogP contribution in [0.25, 0.3) is 0 Å². The molecule has 0 unspecified atom stereocenters. The zero-order valence-electron chi connectivity index (χ0n) is 10.9. The van der Waals surface area contributed by atoms with E-state index < -0.39 is 9.84 Å². The van der Waals surface area contributed by atoms with Gasteiger partial charge in [0, 0.05) is 45.5 Å². The SMILES string of the molecule is COCCCn1ccnc1NCCCS(C)(=O)=O. The van der Waals surface area contributed by atoms with Crippen LogP contribution in [-0.2, 0) is 21.1 Å². The second-order valence-electron chi connectivity index (χ2n) is 4.20. The number of methoxy groups -OCH3 is 1. The van der Waals surface area contributed by atoms with E-state index in [2.05, 4.69) is 10.3 Å². The lowest BCUT2D eigenvalue weighted by Gasteiger charge is -2.09. The van der Waals surface area contributed by atoms with Gasteiger partial charge < -0.3 is 14.6 Å². The van der Waals surface area contributed by atoms with Gasteiger partial charge in [0.1, 0.15) is 9.84 Å². The van der Waals surface area contributed by atoms with Crippen LogP contribution in [-0.4, -0.2) is 50.2 Å². The van der Waals surface area contributed by atoms with E-state index in [1.165, 1.54) is 6.26 Å². The van der Waals surface area contributed by atoms with E-state index in [9.17, 15) is 8.42 Å². The number of hydrogen-bond acceptors (Lipinski definition) is 5. The van der Waals surface area contributed by atoms with Crippen LogP contribution in [0.5, 0.6) is 0 Å². The Morgan fingerprint density at radius 2 is 2.22 bits per heavy atom. The summed E-state index contributed by atoms with van der Waals surface area (Å²) in [6.45, 7) is 2.16. The number of aromatic nitrogens is 2. The highest BCUT2D eigenvalue weighted by Crippen LogP contribution is 2.05. The van der Waals surface area contributed by atoms with E-state index in [0.29, 0.717) is 19.6 Å². The van der Waals surface area contributed by atoms with Crippen LogP contribution in [0, 0.1) is 0 Å². The molecule has 0 aliphatic rings. The van der Waals surface area contributed by atoms with Gasteiger partial charge in [-0.1, -0.05) is 0 Å². The second kappa shape index (κ2) is 7.38. The molecule has 0 saturated heterocycles. The summed E-state index contributed by atoms with van der Waals surface area (Å²) < 4.78 is 28.9.